The van der Waals surface area contributed by atoms with Gasteiger partial charge in [-0.3, -0.25) is 4.79 Å². The third kappa shape index (κ3) is 5.38. The second-order valence-electron chi connectivity index (χ2n) is 5.52. The molecule has 0 aromatic heterocycles. The molecule has 1 unspecified atom stereocenters. The zero-order chi connectivity index (χ0) is 18.3. The Balaban J connectivity index is 2.03. The molecule has 6 nitrogen and oxygen atoms in total. The number of sulfonamides is 1. The minimum atomic E-state index is -3.60. The Hall–Kier alpha value is -2.22. The fraction of sp³-hybridized carbons (Fsp3) is 0.278. The summed E-state index contributed by atoms with van der Waals surface area (Å²) in [5, 5.41) is 2.89. The molecule has 0 aliphatic heterocycles. The van der Waals surface area contributed by atoms with Crippen molar-refractivity contribution in [2.75, 3.05) is 20.3 Å². The second kappa shape index (κ2) is 8.75. The number of hydrogen-bond donors (Lipinski definition) is 2. The minimum absolute atomic E-state index is 0.108. The standard InChI is InChI=1S/C18H22N2O4S/c1-14(15-6-4-3-5-7-15)20-18(21)16-8-10-17(11-9-16)25(22,23)19-12-13-24-2/h3-11,14,19H,12-13H2,1-2H3,(H,20,21). The largest absolute Gasteiger partial charge is 0.383 e. The van der Waals surface area contributed by atoms with Crippen molar-refractivity contribution >= 4 is 15.9 Å². The summed E-state index contributed by atoms with van der Waals surface area (Å²) in [6.07, 6.45) is 0. The molecule has 25 heavy (non-hydrogen) atoms. The van der Waals surface area contributed by atoms with Crippen LogP contribution in [0.25, 0.3) is 0 Å². The van der Waals surface area contributed by atoms with Crippen molar-refractivity contribution in [3.05, 3.63) is 65.7 Å². The van der Waals surface area contributed by atoms with E-state index in [9.17, 15) is 13.2 Å². The van der Waals surface area contributed by atoms with Crippen LogP contribution in [0.5, 0.6) is 0 Å². The lowest BCUT2D eigenvalue weighted by Crippen LogP contribution is -2.28. The van der Waals surface area contributed by atoms with E-state index in [0.717, 1.165) is 5.56 Å². The van der Waals surface area contributed by atoms with E-state index in [4.69, 9.17) is 4.74 Å². The van der Waals surface area contributed by atoms with E-state index in [0.29, 0.717) is 5.56 Å². The van der Waals surface area contributed by atoms with E-state index in [1.807, 2.05) is 37.3 Å². The molecule has 2 aromatic rings. The normalized spacial score (nSPS) is 12.6. The molecule has 0 bridgehead atoms. The van der Waals surface area contributed by atoms with E-state index >= 15 is 0 Å². The van der Waals surface area contributed by atoms with Crippen molar-refractivity contribution in [1.29, 1.82) is 0 Å². The average Bonchev–Trinajstić information content (AvgIpc) is 2.62. The molecular formula is C18H22N2O4S. The first-order valence-corrected chi connectivity index (χ1v) is 9.37. The van der Waals surface area contributed by atoms with Crippen LogP contribution in [0.15, 0.2) is 59.5 Å². The molecular weight excluding hydrogens is 340 g/mol. The summed E-state index contributed by atoms with van der Waals surface area (Å²) in [4.78, 5) is 12.4. The zero-order valence-electron chi connectivity index (χ0n) is 14.2. The lowest BCUT2D eigenvalue weighted by atomic mass is 10.1. The smallest absolute Gasteiger partial charge is 0.251 e. The molecule has 2 rings (SSSR count). The summed E-state index contributed by atoms with van der Waals surface area (Å²) < 4.78 is 31.4. The molecule has 7 heteroatoms. The Morgan fingerprint density at radius 3 is 2.32 bits per heavy atom. The average molecular weight is 362 g/mol. The van der Waals surface area contributed by atoms with Crippen molar-refractivity contribution in [2.24, 2.45) is 0 Å². The molecule has 0 fully saturated rings. The number of amides is 1. The number of rotatable bonds is 8. The van der Waals surface area contributed by atoms with Gasteiger partial charge in [0.25, 0.3) is 5.91 Å². The highest BCUT2D eigenvalue weighted by atomic mass is 32.2. The highest BCUT2D eigenvalue weighted by molar-refractivity contribution is 7.89. The molecule has 0 aliphatic rings. The number of ether oxygens (including phenoxy) is 1. The van der Waals surface area contributed by atoms with Gasteiger partial charge < -0.3 is 10.1 Å². The highest BCUT2D eigenvalue weighted by Crippen LogP contribution is 2.14. The molecule has 1 atom stereocenters. The fourth-order valence-electron chi connectivity index (χ4n) is 2.25. The van der Waals surface area contributed by atoms with Crippen LogP contribution in [0, 0.1) is 0 Å². The maximum absolute atomic E-state index is 12.3. The van der Waals surface area contributed by atoms with Gasteiger partial charge in [-0.15, -0.1) is 0 Å². The van der Waals surface area contributed by atoms with Gasteiger partial charge in [0, 0.05) is 19.2 Å². The maximum atomic E-state index is 12.3. The summed E-state index contributed by atoms with van der Waals surface area (Å²) in [6.45, 7) is 2.37. The van der Waals surface area contributed by atoms with Gasteiger partial charge in [0.2, 0.25) is 10.0 Å². The predicted octanol–water partition coefficient (Wildman–Crippen LogP) is 2.10. The molecule has 0 aliphatic carbocycles. The van der Waals surface area contributed by atoms with Gasteiger partial charge in [0.05, 0.1) is 17.5 Å². The highest BCUT2D eigenvalue weighted by Gasteiger charge is 2.15. The first kappa shape index (κ1) is 19.1. The topological polar surface area (TPSA) is 84.5 Å². The van der Waals surface area contributed by atoms with Crippen molar-refractivity contribution < 1.29 is 17.9 Å². The Morgan fingerprint density at radius 2 is 1.72 bits per heavy atom. The quantitative estimate of drug-likeness (QED) is 0.705. The Bertz CT molecular complexity index is 790. The van der Waals surface area contributed by atoms with E-state index in [-0.39, 0.29) is 30.0 Å². The third-order valence-electron chi connectivity index (χ3n) is 3.67. The van der Waals surface area contributed by atoms with Crippen LogP contribution in [0.1, 0.15) is 28.9 Å². The van der Waals surface area contributed by atoms with E-state index in [1.54, 1.807) is 0 Å². The number of hydrogen-bond acceptors (Lipinski definition) is 4. The maximum Gasteiger partial charge on any atom is 0.251 e. The Labute approximate surface area is 148 Å². The lowest BCUT2D eigenvalue weighted by molar-refractivity contribution is 0.0940. The second-order valence-corrected chi connectivity index (χ2v) is 7.29. The van der Waals surface area contributed by atoms with Crippen LogP contribution in [0.2, 0.25) is 0 Å². The first-order valence-electron chi connectivity index (χ1n) is 7.88. The molecule has 2 N–H and O–H groups in total. The first-order chi connectivity index (χ1) is 11.9. The molecule has 2 aromatic carbocycles. The fourth-order valence-corrected chi connectivity index (χ4v) is 3.27. The number of benzene rings is 2. The van der Waals surface area contributed by atoms with Gasteiger partial charge in [0.1, 0.15) is 0 Å². The number of carbonyl (C=O) groups is 1. The molecule has 0 heterocycles. The predicted molar refractivity (Wildman–Crippen MR) is 95.8 cm³/mol. The van der Waals surface area contributed by atoms with Crippen LogP contribution in [-0.2, 0) is 14.8 Å². The SMILES string of the molecule is COCCNS(=O)(=O)c1ccc(C(=O)NC(C)c2ccccc2)cc1. The van der Waals surface area contributed by atoms with Crippen LogP contribution < -0.4 is 10.0 Å². The summed E-state index contributed by atoms with van der Waals surface area (Å²) >= 11 is 0. The van der Waals surface area contributed by atoms with Crippen LogP contribution in [0.4, 0.5) is 0 Å². The van der Waals surface area contributed by atoms with E-state index < -0.39 is 10.0 Å². The number of nitrogens with one attached hydrogen (secondary N) is 2. The summed E-state index contributed by atoms with van der Waals surface area (Å²) in [7, 11) is -2.10. The molecule has 0 radical (unpaired) electrons. The van der Waals surface area contributed by atoms with Crippen LogP contribution in [-0.4, -0.2) is 34.6 Å². The third-order valence-corrected chi connectivity index (χ3v) is 5.15. The number of carbonyl (C=O) groups excluding carboxylic acids is 1. The van der Waals surface area contributed by atoms with Crippen molar-refractivity contribution in [3.8, 4) is 0 Å². The Kier molecular flexibility index (Phi) is 6.69. The van der Waals surface area contributed by atoms with Gasteiger partial charge in [0.15, 0.2) is 0 Å². The molecule has 134 valence electrons. The molecule has 1 amide bonds. The zero-order valence-corrected chi connectivity index (χ0v) is 15.0. The van der Waals surface area contributed by atoms with Crippen molar-refractivity contribution in [2.45, 2.75) is 17.9 Å². The van der Waals surface area contributed by atoms with Gasteiger partial charge >= 0.3 is 0 Å². The van der Waals surface area contributed by atoms with E-state index in [2.05, 4.69) is 10.0 Å². The van der Waals surface area contributed by atoms with Gasteiger partial charge in [-0.25, -0.2) is 13.1 Å². The summed E-state index contributed by atoms with van der Waals surface area (Å²) in [5.41, 5.74) is 1.40. The summed E-state index contributed by atoms with van der Waals surface area (Å²) in [5.74, 6) is -0.257. The summed E-state index contributed by atoms with van der Waals surface area (Å²) in [6, 6.07) is 15.3. The number of methoxy groups -OCH3 is 1. The van der Waals surface area contributed by atoms with Gasteiger partial charge in [-0.05, 0) is 36.8 Å². The minimum Gasteiger partial charge on any atom is -0.383 e. The molecule has 0 saturated heterocycles. The van der Waals surface area contributed by atoms with Gasteiger partial charge in [-0.1, -0.05) is 30.3 Å². The van der Waals surface area contributed by atoms with Crippen LogP contribution in [0.3, 0.4) is 0 Å². The van der Waals surface area contributed by atoms with Crippen molar-refractivity contribution in [1.82, 2.24) is 10.0 Å². The lowest BCUT2D eigenvalue weighted by Gasteiger charge is -2.14. The van der Waals surface area contributed by atoms with Gasteiger partial charge in [-0.2, -0.15) is 0 Å². The van der Waals surface area contributed by atoms with Crippen LogP contribution >= 0.6 is 0 Å². The molecule has 0 saturated carbocycles. The van der Waals surface area contributed by atoms with E-state index in [1.165, 1.54) is 31.4 Å². The monoisotopic (exact) mass is 362 g/mol. The molecule has 0 spiro atoms. The Morgan fingerprint density at radius 1 is 1.08 bits per heavy atom. The van der Waals surface area contributed by atoms with Crippen molar-refractivity contribution in [3.63, 3.8) is 0 Å².